The number of amides is 2. The zero-order chi connectivity index (χ0) is 20.0. The first kappa shape index (κ1) is 18.6. The lowest BCUT2D eigenvalue weighted by molar-refractivity contribution is -0.119. The molecule has 2 amide bonds. The molecule has 0 radical (unpaired) electrons. The number of carbonyl (C=O) groups is 2. The van der Waals surface area contributed by atoms with Gasteiger partial charge in [0, 0.05) is 57.4 Å². The Balaban J connectivity index is 1.69. The van der Waals surface area contributed by atoms with E-state index >= 15 is 0 Å². The van der Waals surface area contributed by atoms with Gasteiger partial charge in [-0.15, -0.1) is 0 Å². The summed E-state index contributed by atoms with van der Waals surface area (Å²) in [5, 5.41) is 4.29. The van der Waals surface area contributed by atoms with Gasteiger partial charge in [0.05, 0.1) is 17.0 Å². The molecule has 7 nitrogen and oxygen atoms in total. The molecule has 8 heteroatoms. The first-order chi connectivity index (χ1) is 13.4. The van der Waals surface area contributed by atoms with Crippen molar-refractivity contribution in [2.45, 2.75) is 18.9 Å². The number of likely N-dealkylation sites (tertiary alicyclic amines) is 1. The first-order valence-electron chi connectivity index (χ1n) is 9.15. The van der Waals surface area contributed by atoms with Gasteiger partial charge >= 0.3 is 0 Å². The van der Waals surface area contributed by atoms with E-state index in [0.29, 0.717) is 23.8 Å². The summed E-state index contributed by atoms with van der Waals surface area (Å²) in [6.45, 7) is 2.36. The zero-order valence-electron chi connectivity index (χ0n) is 16.0. The van der Waals surface area contributed by atoms with Gasteiger partial charge in [-0.25, -0.2) is 4.98 Å². The number of aromatic nitrogens is 3. The summed E-state index contributed by atoms with van der Waals surface area (Å²) < 4.78 is 3.76. The Labute approximate surface area is 167 Å². The number of rotatable bonds is 3. The van der Waals surface area contributed by atoms with Crippen LogP contribution in [0, 0.1) is 0 Å². The van der Waals surface area contributed by atoms with E-state index in [9.17, 15) is 9.59 Å². The molecule has 0 bridgehead atoms. The van der Waals surface area contributed by atoms with E-state index in [1.165, 1.54) is 6.92 Å². The SMILES string of the molecule is CC(=O)N[C@@H]1CN(C(=O)c2c(Cl)c3ccccc3n2C)C[C@H]1c1nccn1C. The molecule has 0 spiro atoms. The zero-order valence-corrected chi connectivity index (χ0v) is 16.8. The second-order valence-electron chi connectivity index (χ2n) is 7.26. The molecule has 3 aromatic rings. The summed E-state index contributed by atoms with van der Waals surface area (Å²) in [5.41, 5.74) is 1.37. The van der Waals surface area contributed by atoms with Crippen molar-refractivity contribution in [3.05, 3.63) is 53.2 Å². The number of hydrogen-bond acceptors (Lipinski definition) is 3. The van der Waals surface area contributed by atoms with Gasteiger partial charge in [0.2, 0.25) is 5.91 Å². The highest BCUT2D eigenvalue weighted by atomic mass is 35.5. The van der Waals surface area contributed by atoms with Crippen molar-refractivity contribution in [1.82, 2.24) is 24.3 Å². The number of carbonyl (C=O) groups excluding carboxylic acids is 2. The summed E-state index contributed by atoms with van der Waals surface area (Å²) in [5.74, 6) is 0.496. The maximum Gasteiger partial charge on any atom is 0.272 e. The Bertz CT molecular complexity index is 1030. The van der Waals surface area contributed by atoms with Crippen molar-refractivity contribution in [3.63, 3.8) is 0 Å². The van der Waals surface area contributed by atoms with E-state index in [-0.39, 0.29) is 23.8 Å². The summed E-state index contributed by atoms with van der Waals surface area (Å²) >= 11 is 6.56. The van der Waals surface area contributed by atoms with Gasteiger partial charge in [-0.3, -0.25) is 9.59 Å². The number of nitrogens with zero attached hydrogens (tertiary/aromatic N) is 4. The number of fused-ring (bicyclic) bond motifs is 1. The van der Waals surface area contributed by atoms with Crippen LogP contribution in [-0.4, -0.2) is 50.0 Å². The Morgan fingerprint density at radius 1 is 1.21 bits per heavy atom. The molecule has 28 heavy (non-hydrogen) atoms. The quantitative estimate of drug-likeness (QED) is 0.734. The molecule has 1 aromatic carbocycles. The molecule has 0 saturated carbocycles. The third kappa shape index (κ3) is 2.96. The number of nitrogens with one attached hydrogen (secondary N) is 1. The molecule has 4 rings (SSSR count). The van der Waals surface area contributed by atoms with Gasteiger partial charge in [-0.1, -0.05) is 29.8 Å². The van der Waals surface area contributed by atoms with Crippen molar-refractivity contribution >= 4 is 34.3 Å². The predicted molar refractivity (Wildman–Crippen MR) is 107 cm³/mol. The minimum absolute atomic E-state index is 0.0821. The third-order valence-electron chi connectivity index (χ3n) is 5.43. The van der Waals surface area contributed by atoms with E-state index in [4.69, 9.17) is 11.6 Å². The Morgan fingerprint density at radius 3 is 2.61 bits per heavy atom. The van der Waals surface area contributed by atoms with Crippen LogP contribution in [0.15, 0.2) is 36.7 Å². The van der Waals surface area contributed by atoms with Crippen molar-refractivity contribution in [3.8, 4) is 0 Å². The normalized spacial score (nSPS) is 19.4. The maximum absolute atomic E-state index is 13.4. The smallest absolute Gasteiger partial charge is 0.272 e. The predicted octanol–water partition coefficient (Wildman–Crippen LogP) is 2.31. The van der Waals surface area contributed by atoms with Crippen LogP contribution in [-0.2, 0) is 18.9 Å². The highest BCUT2D eigenvalue weighted by molar-refractivity contribution is 6.38. The molecule has 1 N–H and O–H groups in total. The van der Waals surface area contributed by atoms with Crippen LogP contribution < -0.4 is 5.32 Å². The van der Waals surface area contributed by atoms with Crippen molar-refractivity contribution in [2.24, 2.45) is 14.1 Å². The second-order valence-corrected chi connectivity index (χ2v) is 7.64. The minimum Gasteiger partial charge on any atom is -0.351 e. The van der Waals surface area contributed by atoms with Gasteiger partial charge in [-0.2, -0.15) is 0 Å². The molecule has 1 fully saturated rings. The largest absolute Gasteiger partial charge is 0.351 e. The third-order valence-corrected chi connectivity index (χ3v) is 5.82. The number of halogens is 1. The Kier molecular flexibility index (Phi) is 4.63. The maximum atomic E-state index is 13.4. The summed E-state index contributed by atoms with van der Waals surface area (Å²) in [4.78, 5) is 31.3. The average Bonchev–Trinajstić information content (AvgIpc) is 3.32. The van der Waals surface area contributed by atoms with Crippen LogP contribution in [0.1, 0.15) is 29.2 Å². The van der Waals surface area contributed by atoms with E-state index in [2.05, 4.69) is 10.3 Å². The lowest BCUT2D eigenvalue weighted by Gasteiger charge is -2.18. The summed E-state index contributed by atoms with van der Waals surface area (Å²) in [6, 6.07) is 7.49. The highest BCUT2D eigenvalue weighted by Gasteiger charge is 2.40. The average molecular weight is 400 g/mol. The Morgan fingerprint density at radius 2 is 1.96 bits per heavy atom. The van der Waals surface area contributed by atoms with E-state index in [1.807, 2.05) is 53.7 Å². The van der Waals surface area contributed by atoms with Gasteiger partial charge in [0.25, 0.3) is 5.91 Å². The Hall–Kier alpha value is -2.80. The lowest BCUT2D eigenvalue weighted by atomic mass is 10.0. The van der Waals surface area contributed by atoms with Crippen LogP contribution in [0.5, 0.6) is 0 Å². The highest BCUT2D eigenvalue weighted by Crippen LogP contribution is 2.33. The van der Waals surface area contributed by atoms with Gasteiger partial charge < -0.3 is 19.4 Å². The molecule has 0 aliphatic carbocycles. The van der Waals surface area contributed by atoms with Gasteiger partial charge in [0.15, 0.2) is 0 Å². The molecule has 2 aromatic heterocycles. The number of aryl methyl sites for hydroxylation is 2. The molecular weight excluding hydrogens is 378 g/mol. The molecule has 146 valence electrons. The van der Waals surface area contributed by atoms with Gasteiger partial charge in [0.1, 0.15) is 11.5 Å². The molecule has 1 aliphatic heterocycles. The minimum atomic E-state index is -0.198. The fraction of sp³-hybridized carbons (Fsp3) is 0.350. The summed E-state index contributed by atoms with van der Waals surface area (Å²) in [7, 11) is 3.76. The van der Waals surface area contributed by atoms with Crippen LogP contribution in [0.25, 0.3) is 10.9 Å². The van der Waals surface area contributed by atoms with Crippen molar-refractivity contribution in [1.29, 1.82) is 0 Å². The van der Waals surface area contributed by atoms with Crippen LogP contribution >= 0.6 is 11.6 Å². The monoisotopic (exact) mass is 399 g/mol. The van der Waals surface area contributed by atoms with Crippen molar-refractivity contribution in [2.75, 3.05) is 13.1 Å². The number of benzene rings is 1. The van der Waals surface area contributed by atoms with Gasteiger partial charge in [-0.05, 0) is 6.07 Å². The van der Waals surface area contributed by atoms with Crippen molar-refractivity contribution < 1.29 is 9.59 Å². The molecule has 1 saturated heterocycles. The lowest BCUT2D eigenvalue weighted by Crippen LogP contribution is -2.39. The molecule has 1 aliphatic rings. The van der Waals surface area contributed by atoms with E-state index in [0.717, 1.165) is 16.7 Å². The number of para-hydroxylation sites is 1. The van der Waals surface area contributed by atoms with Crippen LogP contribution in [0.2, 0.25) is 5.02 Å². The second kappa shape index (κ2) is 6.98. The van der Waals surface area contributed by atoms with E-state index < -0.39 is 0 Å². The fourth-order valence-corrected chi connectivity index (χ4v) is 4.47. The first-order valence-corrected chi connectivity index (χ1v) is 9.52. The topological polar surface area (TPSA) is 72.2 Å². The standard InChI is InChI=1S/C20H22ClN5O2/c1-12(27)23-15-11-26(10-14(15)19-22-8-9-24(19)2)20(28)18-17(21)13-6-4-5-7-16(13)25(18)3/h4-9,14-15H,10-11H2,1-3H3,(H,23,27)/t14-,15-/m1/s1. The van der Waals surface area contributed by atoms with Crippen LogP contribution in [0.3, 0.4) is 0 Å². The summed E-state index contributed by atoms with van der Waals surface area (Å²) in [6.07, 6.45) is 3.59. The molecule has 3 heterocycles. The van der Waals surface area contributed by atoms with Crippen LogP contribution in [0.4, 0.5) is 0 Å². The van der Waals surface area contributed by atoms with E-state index in [1.54, 1.807) is 11.1 Å². The number of imidazole rings is 1. The number of hydrogen-bond donors (Lipinski definition) is 1. The molecule has 2 atom stereocenters. The molecular formula is C20H22ClN5O2. The molecule has 0 unspecified atom stereocenters. The fourth-order valence-electron chi connectivity index (χ4n) is 4.11.